The van der Waals surface area contributed by atoms with Crippen LogP contribution in [0.25, 0.3) is 6.08 Å². The molecular weight excluding hydrogens is 363 g/mol. The molecule has 0 bridgehead atoms. The summed E-state index contributed by atoms with van der Waals surface area (Å²) in [6, 6.07) is 10.8. The van der Waals surface area contributed by atoms with E-state index in [2.05, 4.69) is 5.32 Å². The van der Waals surface area contributed by atoms with E-state index in [1.165, 1.54) is 25.3 Å². The normalized spacial score (nSPS) is 11.3. The van der Waals surface area contributed by atoms with Crippen molar-refractivity contribution in [2.45, 2.75) is 6.18 Å². The molecule has 1 amide bonds. The summed E-state index contributed by atoms with van der Waals surface area (Å²) in [5.41, 5.74) is 0.122. The highest BCUT2D eigenvalue weighted by molar-refractivity contribution is 5.94. The van der Waals surface area contributed by atoms with Gasteiger partial charge in [0.15, 0.2) is 6.61 Å². The highest BCUT2D eigenvalue weighted by Gasteiger charge is 2.29. The molecule has 27 heavy (non-hydrogen) atoms. The van der Waals surface area contributed by atoms with Crippen LogP contribution in [0.15, 0.2) is 54.6 Å². The maximum absolute atomic E-state index is 12.5. The average molecular weight is 379 g/mol. The number of methoxy groups -OCH3 is 1. The fourth-order valence-electron chi connectivity index (χ4n) is 2.00. The molecule has 0 fully saturated rings. The van der Waals surface area contributed by atoms with Crippen LogP contribution in [0.3, 0.4) is 0 Å². The Morgan fingerprint density at radius 3 is 2.22 bits per heavy atom. The summed E-state index contributed by atoms with van der Waals surface area (Å²) in [6.45, 7) is -0.498. The number of benzene rings is 2. The van der Waals surface area contributed by atoms with E-state index in [1.54, 1.807) is 24.3 Å². The first-order chi connectivity index (χ1) is 12.8. The van der Waals surface area contributed by atoms with Crippen LogP contribution in [-0.4, -0.2) is 25.6 Å². The number of anilines is 1. The molecule has 0 saturated carbocycles. The molecule has 0 radical (unpaired) electrons. The van der Waals surface area contributed by atoms with Crippen molar-refractivity contribution in [1.29, 1.82) is 0 Å². The fourth-order valence-corrected chi connectivity index (χ4v) is 2.00. The summed E-state index contributed by atoms with van der Waals surface area (Å²) in [5, 5.41) is 2.54. The number of amides is 1. The van der Waals surface area contributed by atoms with E-state index < -0.39 is 30.2 Å². The lowest BCUT2D eigenvalue weighted by Crippen LogP contribution is -2.20. The summed E-state index contributed by atoms with van der Waals surface area (Å²) in [4.78, 5) is 23.3. The van der Waals surface area contributed by atoms with Crippen LogP contribution in [0.1, 0.15) is 11.1 Å². The molecule has 0 aliphatic carbocycles. The zero-order chi connectivity index (χ0) is 19.9. The summed E-state index contributed by atoms with van der Waals surface area (Å²) in [6.07, 6.45) is -2.09. The number of nitrogens with one attached hydrogen (secondary N) is 1. The Balaban J connectivity index is 1.80. The molecule has 1 N–H and O–H groups in total. The van der Waals surface area contributed by atoms with Gasteiger partial charge < -0.3 is 14.8 Å². The van der Waals surface area contributed by atoms with Crippen molar-refractivity contribution < 1.29 is 32.2 Å². The van der Waals surface area contributed by atoms with Gasteiger partial charge in [-0.1, -0.05) is 12.1 Å². The number of carbonyl (C=O) groups excluding carboxylic acids is 2. The quantitative estimate of drug-likeness (QED) is 0.611. The van der Waals surface area contributed by atoms with Crippen molar-refractivity contribution in [3.8, 4) is 5.75 Å². The van der Waals surface area contributed by atoms with Gasteiger partial charge in [-0.3, -0.25) is 4.79 Å². The van der Waals surface area contributed by atoms with Gasteiger partial charge in [0.2, 0.25) is 0 Å². The molecule has 0 unspecified atom stereocenters. The van der Waals surface area contributed by atoms with Crippen molar-refractivity contribution >= 4 is 23.6 Å². The number of ether oxygens (including phenoxy) is 2. The zero-order valence-corrected chi connectivity index (χ0v) is 14.2. The van der Waals surface area contributed by atoms with Gasteiger partial charge in [-0.05, 0) is 48.0 Å². The number of halogens is 3. The first-order valence-corrected chi connectivity index (χ1v) is 7.74. The van der Waals surface area contributed by atoms with E-state index >= 15 is 0 Å². The minimum absolute atomic E-state index is 0.391. The van der Waals surface area contributed by atoms with Gasteiger partial charge in [-0.25, -0.2) is 4.79 Å². The molecule has 142 valence electrons. The van der Waals surface area contributed by atoms with Gasteiger partial charge in [0.25, 0.3) is 5.91 Å². The Labute approximate surface area is 153 Å². The average Bonchev–Trinajstić information content (AvgIpc) is 2.65. The van der Waals surface area contributed by atoms with Crippen LogP contribution in [0, 0.1) is 0 Å². The van der Waals surface area contributed by atoms with E-state index in [1.807, 2.05) is 0 Å². The molecule has 2 aromatic rings. The zero-order valence-electron chi connectivity index (χ0n) is 14.2. The molecule has 0 atom stereocenters. The van der Waals surface area contributed by atoms with Crippen molar-refractivity contribution in [3.05, 3.63) is 65.7 Å². The Morgan fingerprint density at radius 2 is 1.67 bits per heavy atom. The highest BCUT2D eigenvalue weighted by Crippen LogP contribution is 2.29. The molecule has 2 rings (SSSR count). The van der Waals surface area contributed by atoms with Gasteiger partial charge in [-0.2, -0.15) is 13.2 Å². The summed E-state index contributed by atoms with van der Waals surface area (Å²) < 4.78 is 47.2. The van der Waals surface area contributed by atoms with Crippen molar-refractivity contribution in [2.75, 3.05) is 19.0 Å². The first-order valence-electron chi connectivity index (χ1n) is 7.74. The fraction of sp³-hybridized carbons (Fsp3) is 0.158. The minimum atomic E-state index is -4.42. The molecule has 0 saturated heterocycles. The highest BCUT2D eigenvalue weighted by atomic mass is 19.4. The van der Waals surface area contributed by atoms with E-state index in [9.17, 15) is 22.8 Å². The number of carbonyl (C=O) groups is 2. The molecule has 0 heterocycles. The second kappa shape index (κ2) is 8.88. The third-order valence-electron chi connectivity index (χ3n) is 3.37. The Hall–Kier alpha value is -3.29. The number of alkyl halides is 3. The van der Waals surface area contributed by atoms with Crippen LogP contribution >= 0.6 is 0 Å². The van der Waals surface area contributed by atoms with E-state index in [0.29, 0.717) is 17.0 Å². The first kappa shape index (κ1) is 20.0. The largest absolute Gasteiger partial charge is 0.497 e. The second-order valence-corrected chi connectivity index (χ2v) is 5.34. The third kappa shape index (κ3) is 6.50. The van der Waals surface area contributed by atoms with Crippen LogP contribution < -0.4 is 10.1 Å². The van der Waals surface area contributed by atoms with E-state index in [-0.39, 0.29) is 0 Å². The Morgan fingerprint density at radius 1 is 1.04 bits per heavy atom. The summed E-state index contributed by atoms with van der Waals surface area (Å²) in [7, 11) is 1.52. The lowest BCUT2D eigenvalue weighted by atomic mass is 10.1. The third-order valence-corrected chi connectivity index (χ3v) is 3.37. The molecule has 8 heteroatoms. The van der Waals surface area contributed by atoms with Crippen molar-refractivity contribution in [1.82, 2.24) is 0 Å². The van der Waals surface area contributed by atoms with Gasteiger partial charge in [-0.15, -0.1) is 0 Å². The number of rotatable bonds is 6. The van der Waals surface area contributed by atoms with Crippen LogP contribution in [0.4, 0.5) is 18.9 Å². The predicted molar refractivity (Wildman–Crippen MR) is 93.1 cm³/mol. The minimum Gasteiger partial charge on any atom is -0.497 e. The maximum atomic E-state index is 12.5. The maximum Gasteiger partial charge on any atom is 0.416 e. The predicted octanol–water partition coefficient (Wildman–Crippen LogP) is 3.91. The van der Waals surface area contributed by atoms with Crippen LogP contribution in [-0.2, 0) is 20.5 Å². The molecule has 2 aromatic carbocycles. The molecule has 0 spiro atoms. The topological polar surface area (TPSA) is 64.6 Å². The van der Waals surface area contributed by atoms with Gasteiger partial charge >= 0.3 is 12.1 Å². The SMILES string of the molecule is COc1ccc(NC(=O)COC(=O)/C=C/c2ccc(C(F)(F)F)cc2)cc1. The van der Waals surface area contributed by atoms with E-state index in [0.717, 1.165) is 18.2 Å². The lowest BCUT2D eigenvalue weighted by molar-refractivity contribution is -0.142. The standard InChI is InChI=1S/C19H16F3NO4/c1-26-16-9-7-15(8-10-16)23-17(24)12-27-18(25)11-4-13-2-5-14(6-3-13)19(20,21)22/h2-11H,12H2,1H3,(H,23,24)/b11-4+. The van der Waals surface area contributed by atoms with E-state index in [4.69, 9.17) is 9.47 Å². The van der Waals surface area contributed by atoms with Gasteiger partial charge in [0.05, 0.1) is 12.7 Å². The molecule has 5 nitrogen and oxygen atoms in total. The number of hydrogen-bond donors (Lipinski definition) is 1. The van der Waals surface area contributed by atoms with Gasteiger partial charge in [0.1, 0.15) is 5.75 Å². The monoisotopic (exact) mass is 379 g/mol. The lowest BCUT2D eigenvalue weighted by Gasteiger charge is -2.06. The number of hydrogen-bond acceptors (Lipinski definition) is 4. The second-order valence-electron chi connectivity index (χ2n) is 5.34. The number of esters is 1. The van der Waals surface area contributed by atoms with Crippen LogP contribution in [0.5, 0.6) is 5.75 Å². The molecule has 0 aliphatic heterocycles. The Kier molecular flexibility index (Phi) is 6.59. The van der Waals surface area contributed by atoms with Crippen molar-refractivity contribution in [2.24, 2.45) is 0 Å². The molecule has 0 aliphatic rings. The summed E-state index contributed by atoms with van der Waals surface area (Å²) in [5.74, 6) is -0.691. The van der Waals surface area contributed by atoms with Crippen LogP contribution in [0.2, 0.25) is 0 Å². The summed E-state index contributed by atoms with van der Waals surface area (Å²) >= 11 is 0. The van der Waals surface area contributed by atoms with Crippen molar-refractivity contribution in [3.63, 3.8) is 0 Å². The molecular formula is C19H16F3NO4. The molecule has 0 aromatic heterocycles. The Bertz CT molecular complexity index is 812. The van der Waals surface area contributed by atoms with Gasteiger partial charge in [0, 0.05) is 11.8 Å². The smallest absolute Gasteiger partial charge is 0.416 e.